The summed E-state index contributed by atoms with van der Waals surface area (Å²) in [6.45, 7) is 3.95. The summed E-state index contributed by atoms with van der Waals surface area (Å²) in [4.78, 5) is 44.6. The van der Waals surface area contributed by atoms with E-state index in [-0.39, 0.29) is 6.61 Å². The van der Waals surface area contributed by atoms with Crippen molar-refractivity contribution < 1.29 is 44.2 Å². The van der Waals surface area contributed by atoms with Gasteiger partial charge in [0.15, 0.2) is 6.10 Å². The fourth-order valence-corrected chi connectivity index (χ4v) is 1.76. The van der Waals surface area contributed by atoms with E-state index in [9.17, 15) is 19.2 Å². The largest absolute Gasteiger partial charge is 0.463 e. The van der Waals surface area contributed by atoms with Crippen LogP contribution in [0, 0.1) is 0 Å². The smallest absolute Gasteiger partial charge is 0.305 e. The zero-order valence-corrected chi connectivity index (χ0v) is 12.6. The minimum atomic E-state index is -2.33. The number of hydrogen-bond donors (Lipinski definition) is 0. The van der Waals surface area contributed by atoms with Gasteiger partial charge in [-0.25, -0.2) is 0 Å². The van der Waals surface area contributed by atoms with E-state index in [1.54, 1.807) is 0 Å². The second kappa shape index (κ2) is 7.74. The number of carbonyl (C=O) groups is 4. The van der Waals surface area contributed by atoms with Gasteiger partial charge < -0.3 is 23.7 Å². The first-order valence-electron chi connectivity index (χ1n) is 6.89. The Bertz CT molecular complexity index is 506. The highest BCUT2D eigenvalue weighted by Gasteiger charge is 2.51. The molecule has 1 saturated heterocycles. The molecule has 0 aromatic rings. The quantitative estimate of drug-likeness (QED) is 0.497. The van der Waals surface area contributed by atoms with Gasteiger partial charge in [-0.3, -0.25) is 19.2 Å². The fourth-order valence-electron chi connectivity index (χ4n) is 1.76. The number of carbonyl (C=O) groups excluding carboxylic acids is 4. The van der Waals surface area contributed by atoms with E-state index in [1.165, 1.54) is 0 Å². The summed E-state index contributed by atoms with van der Waals surface area (Å²) in [5.41, 5.74) is 0. The van der Waals surface area contributed by atoms with E-state index < -0.39 is 48.5 Å². The monoisotopic (exact) mass is 319 g/mol. The number of ether oxygens (including phenoxy) is 5. The Hall–Kier alpha value is -2.16. The predicted molar refractivity (Wildman–Crippen MR) is 68.2 cm³/mol. The van der Waals surface area contributed by atoms with Crippen LogP contribution in [0.25, 0.3) is 0 Å². The first-order valence-corrected chi connectivity index (χ1v) is 6.39. The van der Waals surface area contributed by atoms with E-state index in [0.717, 1.165) is 27.7 Å². The summed E-state index contributed by atoms with van der Waals surface area (Å²) in [5, 5.41) is 0. The van der Waals surface area contributed by atoms with Crippen molar-refractivity contribution in [2.24, 2.45) is 0 Å². The number of esters is 4. The molecular formula is C13H18O9. The zero-order valence-electron chi connectivity index (χ0n) is 13.6. The van der Waals surface area contributed by atoms with Gasteiger partial charge in [0.2, 0.25) is 12.4 Å². The average molecular weight is 319 g/mol. The second-order valence-corrected chi connectivity index (χ2v) is 4.44. The van der Waals surface area contributed by atoms with Crippen molar-refractivity contribution in [1.82, 2.24) is 0 Å². The van der Waals surface area contributed by atoms with E-state index in [2.05, 4.69) is 0 Å². The molecule has 1 aliphatic rings. The molecule has 0 aromatic carbocycles. The lowest BCUT2D eigenvalue weighted by atomic mass is 10.1. The lowest BCUT2D eigenvalue weighted by Crippen LogP contribution is -2.42. The van der Waals surface area contributed by atoms with E-state index in [4.69, 9.17) is 25.1 Å². The summed E-state index contributed by atoms with van der Waals surface area (Å²) in [5.74, 6) is -3.08. The molecule has 0 unspecified atom stereocenters. The molecule has 1 aliphatic heterocycles. The highest BCUT2D eigenvalue weighted by atomic mass is 16.8. The van der Waals surface area contributed by atoms with Crippen LogP contribution in [0.5, 0.6) is 0 Å². The van der Waals surface area contributed by atoms with Gasteiger partial charge in [0.1, 0.15) is 12.7 Å². The molecule has 0 aliphatic carbocycles. The minimum absolute atomic E-state index is 0.382. The Morgan fingerprint density at radius 3 is 1.91 bits per heavy atom. The van der Waals surface area contributed by atoms with Crippen LogP contribution in [0.1, 0.15) is 29.1 Å². The van der Waals surface area contributed by atoms with Gasteiger partial charge in [-0.05, 0) is 0 Å². The maximum Gasteiger partial charge on any atom is 0.305 e. The van der Waals surface area contributed by atoms with Crippen molar-refractivity contribution in [1.29, 1.82) is 0 Å². The fraction of sp³-hybridized carbons (Fsp3) is 0.692. The number of rotatable bonds is 5. The van der Waals surface area contributed by atoms with Crippen molar-refractivity contribution in [3.8, 4) is 0 Å². The summed E-state index contributed by atoms with van der Waals surface area (Å²) >= 11 is 0. The lowest BCUT2D eigenvalue weighted by Gasteiger charge is -2.22. The van der Waals surface area contributed by atoms with E-state index >= 15 is 0 Å². The molecule has 0 aromatic heterocycles. The Morgan fingerprint density at radius 2 is 1.45 bits per heavy atom. The van der Waals surface area contributed by atoms with Crippen molar-refractivity contribution in [3.05, 3.63) is 0 Å². The first-order chi connectivity index (χ1) is 10.6. The molecule has 0 amide bonds. The molecule has 1 heterocycles. The molecule has 0 N–H and O–H groups in total. The Balaban J connectivity index is 3.11. The zero-order chi connectivity index (χ0) is 17.8. The van der Waals surface area contributed by atoms with Gasteiger partial charge >= 0.3 is 23.9 Å². The first kappa shape index (κ1) is 16.2. The third kappa shape index (κ3) is 5.32. The molecule has 0 radical (unpaired) electrons. The van der Waals surface area contributed by atoms with Crippen LogP contribution in [0.2, 0.25) is 0 Å². The van der Waals surface area contributed by atoms with Gasteiger partial charge in [0.25, 0.3) is 0 Å². The molecule has 0 saturated carbocycles. The molecule has 0 spiro atoms. The van der Waals surface area contributed by atoms with Gasteiger partial charge in [-0.1, -0.05) is 0 Å². The molecule has 4 atom stereocenters. The standard InChI is InChI=1S/C13H18O9/c1-6(14)18-5-10-11(19-7(2)15)12(20-8(3)16)13(22-10)21-9(4)17/h10-13H,5H2,1-4H3/t10-,11-,12-,13-/m1/s1/i12D. The third-order valence-corrected chi connectivity index (χ3v) is 2.43. The molecule has 1 rings (SSSR count). The van der Waals surface area contributed by atoms with E-state index in [1.807, 2.05) is 0 Å². The van der Waals surface area contributed by atoms with E-state index in [0.29, 0.717) is 0 Å². The van der Waals surface area contributed by atoms with Crippen LogP contribution < -0.4 is 0 Å². The van der Waals surface area contributed by atoms with Crippen LogP contribution in [-0.2, 0) is 42.9 Å². The maximum atomic E-state index is 11.3. The Morgan fingerprint density at radius 1 is 0.909 bits per heavy atom. The van der Waals surface area contributed by atoms with Gasteiger partial charge in [-0.2, -0.15) is 0 Å². The van der Waals surface area contributed by atoms with Crippen LogP contribution in [-0.4, -0.2) is 55.1 Å². The SMILES string of the molecule is [2H][C@]1(OC(C)=O)[C@H](OC(C)=O)O[C@H](COC(C)=O)[C@H]1OC(C)=O. The van der Waals surface area contributed by atoms with Crippen LogP contribution in [0.3, 0.4) is 0 Å². The van der Waals surface area contributed by atoms with Crippen LogP contribution in [0.15, 0.2) is 0 Å². The molecule has 0 bridgehead atoms. The molecule has 22 heavy (non-hydrogen) atoms. The second-order valence-electron chi connectivity index (χ2n) is 4.44. The molecule has 9 nitrogen and oxygen atoms in total. The van der Waals surface area contributed by atoms with Gasteiger partial charge in [-0.15, -0.1) is 0 Å². The minimum Gasteiger partial charge on any atom is -0.463 e. The topological polar surface area (TPSA) is 114 Å². The van der Waals surface area contributed by atoms with Gasteiger partial charge in [0.05, 0.1) is 1.37 Å². The van der Waals surface area contributed by atoms with Crippen molar-refractivity contribution >= 4 is 23.9 Å². The maximum absolute atomic E-state index is 11.3. The number of hydrogen-bond acceptors (Lipinski definition) is 9. The summed E-state index contributed by atoms with van der Waals surface area (Å²) in [6.07, 6.45) is -6.57. The van der Waals surface area contributed by atoms with Crippen LogP contribution >= 0.6 is 0 Å². The van der Waals surface area contributed by atoms with Crippen molar-refractivity contribution in [2.75, 3.05) is 6.61 Å². The summed E-state index contributed by atoms with van der Waals surface area (Å²) in [6, 6.07) is 0. The average Bonchev–Trinajstić information content (AvgIpc) is 2.59. The Labute approximate surface area is 128 Å². The van der Waals surface area contributed by atoms with Crippen molar-refractivity contribution in [2.45, 2.75) is 52.3 Å². The summed E-state index contributed by atoms with van der Waals surface area (Å²) < 4.78 is 33.0. The Kier molecular flexibility index (Phi) is 5.70. The predicted octanol–water partition coefficient (Wildman–Crippen LogP) is -0.299. The van der Waals surface area contributed by atoms with Crippen molar-refractivity contribution in [3.63, 3.8) is 0 Å². The highest BCUT2D eigenvalue weighted by Crippen LogP contribution is 2.28. The normalized spacial score (nSPS) is 30.9. The summed E-state index contributed by atoms with van der Waals surface area (Å²) in [7, 11) is 0. The molecule has 9 heteroatoms. The highest BCUT2D eigenvalue weighted by molar-refractivity contribution is 5.68. The van der Waals surface area contributed by atoms with Gasteiger partial charge in [0, 0.05) is 27.7 Å². The molecule has 1 fully saturated rings. The van der Waals surface area contributed by atoms with Crippen LogP contribution in [0.4, 0.5) is 0 Å². The lowest BCUT2D eigenvalue weighted by molar-refractivity contribution is -0.197. The molecule has 124 valence electrons. The molecular weight excluding hydrogens is 300 g/mol. The third-order valence-electron chi connectivity index (χ3n) is 2.43.